The third-order valence-corrected chi connectivity index (χ3v) is 8.70. The second kappa shape index (κ2) is 11.0. The summed E-state index contributed by atoms with van der Waals surface area (Å²) in [5, 5.41) is 1.03. The maximum Gasteiger partial charge on any atom is 0.255 e. The molecule has 0 spiro atoms. The number of nitrogens with zero attached hydrogens (tertiary/aromatic N) is 3. The van der Waals surface area contributed by atoms with Gasteiger partial charge in [0, 0.05) is 44.3 Å². The second-order valence-electron chi connectivity index (χ2n) is 9.31. The van der Waals surface area contributed by atoms with E-state index in [1.165, 1.54) is 5.56 Å². The molecular formula is C29H28ClN3O3S. The molecule has 37 heavy (non-hydrogen) atoms. The standard InChI is InChI=1S/C29H28ClN3O3S/c30-26-19-23(21-37(35,36)27-11-4-9-24-10-5-14-31-28(24)27)12-13-25(26)29(34)33-16-6-15-32(17-18-33)20-22-7-2-1-3-8-22/h1-5,7-14,19H,6,15-18,20-21H2. The lowest BCUT2D eigenvalue weighted by atomic mass is 10.1. The highest BCUT2D eigenvalue weighted by Gasteiger charge is 2.24. The first-order valence-corrected chi connectivity index (χ1v) is 14.3. The predicted octanol–water partition coefficient (Wildman–Crippen LogP) is 5.21. The first-order valence-electron chi connectivity index (χ1n) is 12.3. The topological polar surface area (TPSA) is 70.6 Å². The van der Waals surface area contributed by atoms with Crippen LogP contribution >= 0.6 is 11.6 Å². The summed E-state index contributed by atoms with van der Waals surface area (Å²) in [7, 11) is -3.67. The van der Waals surface area contributed by atoms with Gasteiger partial charge >= 0.3 is 0 Å². The molecule has 2 heterocycles. The highest BCUT2D eigenvalue weighted by atomic mass is 35.5. The number of para-hydroxylation sites is 1. The van der Waals surface area contributed by atoms with Crippen LogP contribution in [0.5, 0.6) is 0 Å². The lowest BCUT2D eigenvalue weighted by Gasteiger charge is -2.22. The molecule has 5 rings (SSSR count). The molecule has 0 atom stereocenters. The largest absolute Gasteiger partial charge is 0.337 e. The summed E-state index contributed by atoms with van der Waals surface area (Å²) in [5.41, 5.74) is 2.63. The van der Waals surface area contributed by atoms with Crippen LogP contribution in [0.15, 0.2) is 90.0 Å². The van der Waals surface area contributed by atoms with E-state index in [1.807, 2.05) is 35.2 Å². The Kier molecular flexibility index (Phi) is 7.55. The Morgan fingerprint density at radius 2 is 1.68 bits per heavy atom. The normalized spacial score (nSPS) is 15.0. The van der Waals surface area contributed by atoms with Gasteiger partial charge in [-0.15, -0.1) is 0 Å². The zero-order valence-corrected chi connectivity index (χ0v) is 22.0. The minimum absolute atomic E-state index is 0.126. The molecule has 1 aromatic heterocycles. The average molecular weight is 534 g/mol. The fraction of sp³-hybridized carbons (Fsp3) is 0.241. The van der Waals surface area contributed by atoms with E-state index in [0.29, 0.717) is 29.7 Å². The summed E-state index contributed by atoms with van der Waals surface area (Å²) >= 11 is 6.53. The molecule has 0 unspecified atom stereocenters. The van der Waals surface area contributed by atoms with Crippen LogP contribution in [-0.4, -0.2) is 55.3 Å². The Morgan fingerprint density at radius 3 is 2.49 bits per heavy atom. The summed E-state index contributed by atoms with van der Waals surface area (Å²) in [6.45, 7) is 3.84. The number of carbonyl (C=O) groups excluding carboxylic acids is 1. The number of hydrogen-bond donors (Lipinski definition) is 0. The fourth-order valence-corrected chi connectivity index (χ4v) is 6.60. The van der Waals surface area contributed by atoms with E-state index in [9.17, 15) is 13.2 Å². The van der Waals surface area contributed by atoms with E-state index in [4.69, 9.17) is 11.6 Å². The van der Waals surface area contributed by atoms with Crippen molar-refractivity contribution in [3.05, 3.63) is 107 Å². The predicted molar refractivity (Wildman–Crippen MR) is 146 cm³/mol. The molecular weight excluding hydrogens is 506 g/mol. The molecule has 8 heteroatoms. The molecule has 1 amide bonds. The van der Waals surface area contributed by atoms with Crippen LogP contribution in [0.2, 0.25) is 5.02 Å². The van der Waals surface area contributed by atoms with E-state index in [2.05, 4.69) is 22.0 Å². The minimum atomic E-state index is -3.67. The highest BCUT2D eigenvalue weighted by molar-refractivity contribution is 7.90. The van der Waals surface area contributed by atoms with Crippen molar-refractivity contribution in [3.8, 4) is 0 Å². The highest BCUT2D eigenvalue weighted by Crippen LogP contribution is 2.27. The molecule has 4 aromatic rings. The summed E-state index contributed by atoms with van der Waals surface area (Å²) in [4.78, 5) is 22.0. The van der Waals surface area contributed by atoms with E-state index in [-0.39, 0.29) is 21.6 Å². The van der Waals surface area contributed by atoms with Crippen LogP contribution in [0.3, 0.4) is 0 Å². The maximum absolute atomic E-state index is 13.3. The Hall–Kier alpha value is -3.26. The van der Waals surface area contributed by atoms with Crippen LogP contribution < -0.4 is 0 Å². The third kappa shape index (κ3) is 5.85. The number of benzene rings is 3. The van der Waals surface area contributed by atoms with Gasteiger partial charge in [-0.05, 0) is 41.8 Å². The quantitative estimate of drug-likeness (QED) is 0.340. The number of pyridine rings is 1. The summed E-state index contributed by atoms with van der Waals surface area (Å²) in [6.07, 6.45) is 2.47. The molecule has 0 saturated carbocycles. The van der Waals surface area contributed by atoms with Gasteiger partial charge in [0.1, 0.15) is 0 Å². The number of amides is 1. The molecule has 6 nitrogen and oxygen atoms in total. The van der Waals surface area contributed by atoms with E-state index < -0.39 is 9.84 Å². The molecule has 0 bridgehead atoms. The number of hydrogen-bond acceptors (Lipinski definition) is 5. The van der Waals surface area contributed by atoms with Crippen molar-refractivity contribution in [2.75, 3.05) is 26.2 Å². The van der Waals surface area contributed by atoms with E-state index in [0.717, 1.165) is 31.4 Å². The molecule has 3 aromatic carbocycles. The van der Waals surface area contributed by atoms with Gasteiger partial charge in [-0.2, -0.15) is 0 Å². The lowest BCUT2D eigenvalue weighted by Crippen LogP contribution is -2.35. The van der Waals surface area contributed by atoms with Crippen LogP contribution in [0.4, 0.5) is 0 Å². The SMILES string of the molecule is O=C(c1ccc(CS(=O)(=O)c2cccc3cccnc23)cc1Cl)N1CCCN(Cc2ccccc2)CC1. The van der Waals surface area contributed by atoms with Crippen molar-refractivity contribution in [2.45, 2.75) is 23.6 Å². The molecule has 1 aliphatic heterocycles. The second-order valence-corrected chi connectivity index (χ2v) is 11.7. The minimum Gasteiger partial charge on any atom is -0.337 e. The van der Waals surface area contributed by atoms with Crippen molar-refractivity contribution in [1.29, 1.82) is 0 Å². The van der Waals surface area contributed by atoms with Crippen molar-refractivity contribution < 1.29 is 13.2 Å². The van der Waals surface area contributed by atoms with Gasteiger partial charge in [0.15, 0.2) is 9.84 Å². The van der Waals surface area contributed by atoms with Gasteiger partial charge in [0.2, 0.25) is 0 Å². The Labute approximate surface area is 222 Å². The maximum atomic E-state index is 13.3. The Morgan fingerprint density at radius 1 is 0.865 bits per heavy atom. The van der Waals surface area contributed by atoms with Gasteiger partial charge in [-0.1, -0.05) is 66.2 Å². The molecule has 0 radical (unpaired) electrons. The summed E-state index contributed by atoms with van der Waals surface area (Å²) < 4.78 is 26.5. The number of carbonyl (C=O) groups is 1. The average Bonchev–Trinajstić information content (AvgIpc) is 3.14. The van der Waals surface area contributed by atoms with Gasteiger partial charge in [-0.3, -0.25) is 14.7 Å². The number of rotatable bonds is 6. The van der Waals surface area contributed by atoms with Crippen LogP contribution in [0.1, 0.15) is 27.9 Å². The van der Waals surface area contributed by atoms with E-state index in [1.54, 1.807) is 42.6 Å². The molecule has 0 aliphatic carbocycles. The van der Waals surface area contributed by atoms with Gasteiger partial charge in [0.25, 0.3) is 5.91 Å². The summed E-state index contributed by atoms with van der Waals surface area (Å²) in [6, 6.07) is 24.0. The van der Waals surface area contributed by atoms with Crippen molar-refractivity contribution in [3.63, 3.8) is 0 Å². The number of aromatic nitrogens is 1. The monoisotopic (exact) mass is 533 g/mol. The van der Waals surface area contributed by atoms with Crippen LogP contribution in [0.25, 0.3) is 10.9 Å². The number of halogens is 1. The molecule has 190 valence electrons. The van der Waals surface area contributed by atoms with E-state index >= 15 is 0 Å². The zero-order valence-electron chi connectivity index (χ0n) is 20.4. The Balaban J connectivity index is 1.28. The molecule has 1 fully saturated rings. The van der Waals surface area contributed by atoms with Crippen molar-refractivity contribution in [2.24, 2.45) is 0 Å². The zero-order chi connectivity index (χ0) is 25.8. The first kappa shape index (κ1) is 25.4. The van der Waals surface area contributed by atoms with Crippen LogP contribution in [-0.2, 0) is 22.1 Å². The number of sulfone groups is 1. The van der Waals surface area contributed by atoms with Crippen molar-refractivity contribution in [1.82, 2.24) is 14.8 Å². The molecule has 0 N–H and O–H groups in total. The van der Waals surface area contributed by atoms with Crippen molar-refractivity contribution >= 4 is 38.2 Å². The van der Waals surface area contributed by atoms with Gasteiger partial charge in [0.05, 0.1) is 26.8 Å². The summed E-state index contributed by atoms with van der Waals surface area (Å²) in [5.74, 6) is -0.353. The smallest absolute Gasteiger partial charge is 0.255 e. The fourth-order valence-electron chi connectivity index (χ4n) is 4.79. The Bertz CT molecular complexity index is 1520. The number of fused-ring (bicyclic) bond motifs is 1. The van der Waals surface area contributed by atoms with Gasteiger partial charge in [-0.25, -0.2) is 8.42 Å². The molecule has 1 saturated heterocycles. The molecule has 1 aliphatic rings. The van der Waals surface area contributed by atoms with Crippen LogP contribution in [0, 0.1) is 0 Å². The lowest BCUT2D eigenvalue weighted by molar-refractivity contribution is 0.0761. The third-order valence-electron chi connectivity index (χ3n) is 6.68. The first-order chi connectivity index (χ1) is 17.9. The van der Waals surface area contributed by atoms with Gasteiger partial charge < -0.3 is 4.90 Å².